The smallest absolute Gasteiger partial charge is 0.317 e. The van der Waals surface area contributed by atoms with Gasteiger partial charge in [0.1, 0.15) is 0 Å². The standard InChI is InChI=1S/C37H51N9O12/c1-26-20-31(48)39-29-21-27(2-3-28(26)29)38-32(49)22-44(24-36(53)54)10-8-42-12-16-57-18-14-43(15-19-58-17-13-42)9-11-45(25-37(55)56)23-33(50)41-40-30(47)6-7-46-34(51)4-5-35(46)52/h2-5,20-21H,6-19,22-25H2,1H3,(H,38,49)(H,39,48)(H,40,47)(H,41,50)(H,53,54)(H,55,56). The number of hydrogen-bond acceptors (Lipinski definition) is 14. The second kappa shape index (κ2) is 23.0. The zero-order chi connectivity index (χ0) is 42.0. The molecule has 1 fully saturated rings. The summed E-state index contributed by atoms with van der Waals surface area (Å²) >= 11 is 0. The van der Waals surface area contributed by atoms with Crippen molar-refractivity contribution >= 4 is 58.1 Å². The molecule has 3 heterocycles. The average Bonchev–Trinajstić information content (AvgIpc) is 3.47. The van der Waals surface area contributed by atoms with Crippen LogP contribution >= 0.6 is 0 Å². The van der Waals surface area contributed by atoms with Crippen LogP contribution in [0, 0.1) is 6.92 Å². The molecule has 2 aliphatic rings. The first kappa shape index (κ1) is 45.1. The highest BCUT2D eigenvalue weighted by Gasteiger charge is 2.24. The quantitative estimate of drug-likeness (QED) is 0.0681. The summed E-state index contributed by atoms with van der Waals surface area (Å²) in [6, 6.07) is 6.68. The first-order valence-corrected chi connectivity index (χ1v) is 18.8. The van der Waals surface area contributed by atoms with E-state index in [2.05, 4.69) is 26.1 Å². The van der Waals surface area contributed by atoms with Gasteiger partial charge in [-0.1, -0.05) is 6.07 Å². The predicted molar refractivity (Wildman–Crippen MR) is 207 cm³/mol. The minimum absolute atomic E-state index is 0.158. The van der Waals surface area contributed by atoms with Gasteiger partial charge in [0.2, 0.25) is 17.4 Å². The van der Waals surface area contributed by atoms with Gasteiger partial charge in [-0.2, -0.15) is 0 Å². The number of ether oxygens (including phenoxy) is 2. The van der Waals surface area contributed by atoms with E-state index in [1.165, 1.54) is 15.9 Å². The lowest BCUT2D eigenvalue weighted by molar-refractivity contribution is -0.140. The number of carboxylic acids is 2. The molecule has 2 aromatic rings. The highest BCUT2D eigenvalue weighted by Crippen LogP contribution is 2.19. The number of nitrogens with zero attached hydrogens (tertiary/aromatic N) is 5. The molecule has 5 amide bonds. The number of pyridine rings is 1. The molecule has 0 bridgehead atoms. The van der Waals surface area contributed by atoms with Crippen molar-refractivity contribution in [3.05, 3.63) is 52.3 Å². The summed E-state index contributed by atoms with van der Waals surface area (Å²) in [5.74, 6) is -4.96. The van der Waals surface area contributed by atoms with Crippen LogP contribution in [0.3, 0.4) is 0 Å². The summed E-state index contributed by atoms with van der Waals surface area (Å²) in [6.07, 6.45) is 1.97. The normalized spacial score (nSPS) is 16.0. The van der Waals surface area contributed by atoms with Crippen LogP contribution in [0.2, 0.25) is 0 Å². The van der Waals surface area contributed by atoms with Crippen molar-refractivity contribution in [2.45, 2.75) is 13.3 Å². The Hall–Kier alpha value is -5.58. The van der Waals surface area contributed by atoms with E-state index in [1.807, 2.05) is 11.8 Å². The van der Waals surface area contributed by atoms with Crippen LogP contribution in [0.4, 0.5) is 5.69 Å². The lowest BCUT2D eigenvalue weighted by Gasteiger charge is -2.29. The molecule has 4 rings (SSSR count). The number of aliphatic carboxylic acids is 2. The SMILES string of the molecule is Cc1cc(=O)[nH]c2cc(NC(=O)CN(CCN3CCOCCN(CCN(CC(=O)O)CC(=O)NNC(=O)CCN4C(=O)C=CC4=O)CCOCC3)CC(=O)O)ccc12. The molecule has 1 aromatic heterocycles. The third-order valence-electron chi connectivity index (χ3n) is 9.26. The Kier molecular flexibility index (Phi) is 17.9. The number of aromatic amines is 1. The third kappa shape index (κ3) is 15.8. The average molecular weight is 814 g/mol. The Morgan fingerprint density at radius 2 is 1.22 bits per heavy atom. The number of H-pyrrole nitrogens is 1. The van der Waals surface area contributed by atoms with E-state index in [1.54, 1.807) is 18.2 Å². The number of aromatic nitrogens is 1. The van der Waals surface area contributed by atoms with E-state index >= 15 is 0 Å². The molecule has 2 aliphatic heterocycles. The van der Waals surface area contributed by atoms with Crippen LogP contribution in [0.15, 0.2) is 41.2 Å². The maximum absolute atomic E-state index is 12.9. The summed E-state index contributed by atoms with van der Waals surface area (Å²) in [5.41, 5.74) is 6.03. The molecule has 0 atom stereocenters. The molecule has 21 heteroatoms. The second-order valence-electron chi connectivity index (χ2n) is 13.7. The van der Waals surface area contributed by atoms with Crippen LogP contribution in [0.5, 0.6) is 0 Å². The number of imide groups is 1. The van der Waals surface area contributed by atoms with Crippen molar-refractivity contribution < 1.29 is 53.2 Å². The van der Waals surface area contributed by atoms with Crippen LogP contribution in [-0.4, -0.2) is 193 Å². The summed E-state index contributed by atoms with van der Waals surface area (Å²) in [7, 11) is 0. The maximum Gasteiger partial charge on any atom is 0.317 e. The topological polar surface area (TPSA) is 264 Å². The Bertz CT molecular complexity index is 1850. The van der Waals surface area contributed by atoms with Gasteiger partial charge in [0.25, 0.3) is 17.7 Å². The first-order chi connectivity index (χ1) is 27.7. The minimum atomic E-state index is -1.14. The van der Waals surface area contributed by atoms with Gasteiger partial charge in [0.15, 0.2) is 0 Å². The van der Waals surface area contributed by atoms with Gasteiger partial charge >= 0.3 is 11.9 Å². The number of fused-ring (bicyclic) bond motifs is 1. The van der Waals surface area contributed by atoms with E-state index in [0.29, 0.717) is 76.9 Å². The molecule has 0 aliphatic carbocycles. The number of rotatable bonds is 18. The molecule has 21 nitrogen and oxygen atoms in total. The van der Waals surface area contributed by atoms with Crippen LogP contribution in [0.1, 0.15) is 12.0 Å². The molecular weight excluding hydrogens is 762 g/mol. The summed E-state index contributed by atoms with van der Waals surface area (Å²) in [6.45, 7) is 5.25. The van der Waals surface area contributed by atoms with Crippen molar-refractivity contribution in [1.82, 2.24) is 40.3 Å². The molecule has 0 radical (unpaired) electrons. The molecule has 316 valence electrons. The first-order valence-electron chi connectivity index (χ1n) is 18.8. The Morgan fingerprint density at radius 3 is 1.76 bits per heavy atom. The zero-order valence-corrected chi connectivity index (χ0v) is 32.4. The molecule has 0 saturated carbocycles. The summed E-state index contributed by atoms with van der Waals surface area (Å²) < 4.78 is 11.8. The van der Waals surface area contributed by atoms with Crippen molar-refractivity contribution in [2.75, 3.05) is 117 Å². The van der Waals surface area contributed by atoms with Crippen molar-refractivity contribution in [3.8, 4) is 0 Å². The number of nitrogens with one attached hydrogen (secondary N) is 4. The van der Waals surface area contributed by atoms with Crippen LogP contribution in [-0.2, 0) is 43.0 Å². The lowest BCUT2D eigenvalue weighted by Crippen LogP contribution is -2.49. The number of carbonyl (C=O) groups is 7. The van der Waals surface area contributed by atoms with Gasteiger partial charge in [-0.3, -0.25) is 73.7 Å². The minimum Gasteiger partial charge on any atom is -0.480 e. The van der Waals surface area contributed by atoms with Crippen molar-refractivity contribution in [1.29, 1.82) is 0 Å². The molecule has 1 aromatic carbocycles. The number of carbonyl (C=O) groups excluding carboxylic acids is 5. The molecule has 0 spiro atoms. The number of amides is 5. The fourth-order valence-electron chi connectivity index (χ4n) is 6.25. The van der Waals surface area contributed by atoms with Crippen LogP contribution < -0.4 is 21.7 Å². The Labute approximate surface area is 333 Å². The molecule has 0 unspecified atom stereocenters. The highest BCUT2D eigenvalue weighted by atomic mass is 16.5. The lowest BCUT2D eigenvalue weighted by atomic mass is 10.1. The fraction of sp³-hybridized carbons (Fsp3) is 0.514. The Morgan fingerprint density at radius 1 is 0.707 bits per heavy atom. The second-order valence-corrected chi connectivity index (χ2v) is 13.7. The van der Waals surface area contributed by atoms with Gasteiger partial charge < -0.3 is 30.0 Å². The van der Waals surface area contributed by atoms with E-state index in [4.69, 9.17) is 9.47 Å². The van der Waals surface area contributed by atoms with E-state index < -0.39 is 48.0 Å². The molecular formula is C37H51N9O12. The van der Waals surface area contributed by atoms with Crippen LogP contribution in [0.25, 0.3) is 10.9 Å². The number of benzene rings is 1. The molecule has 58 heavy (non-hydrogen) atoms. The maximum atomic E-state index is 12.9. The van der Waals surface area contributed by atoms with Gasteiger partial charge in [-0.25, -0.2) is 0 Å². The van der Waals surface area contributed by atoms with Crippen molar-refractivity contribution in [3.63, 3.8) is 0 Å². The Balaban J connectivity index is 1.18. The number of hydrazine groups is 1. The number of hydrogen-bond donors (Lipinski definition) is 6. The van der Waals surface area contributed by atoms with Gasteiger partial charge in [-0.15, -0.1) is 0 Å². The number of anilines is 1. The molecule has 6 N–H and O–H groups in total. The van der Waals surface area contributed by atoms with Gasteiger partial charge in [-0.05, 0) is 24.6 Å². The monoisotopic (exact) mass is 813 g/mol. The van der Waals surface area contributed by atoms with Gasteiger partial charge in [0, 0.05) is 94.6 Å². The third-order valence-corrected chi connectivity index (χ3v) is 9.26. The van der Waals surface area contributed by atoms with E-state index in [0.717, 1.165) is 28.0 Å². The highest BCUT2D eigenvalue weighted by molar-refractivity contribution is 6.13. The van der Waals surface area contributed by atoms with Crippen molar-refractivity contribution in [2.24, 2.45) is 0 Å². The summed E-state index contributed by atoms with van der Waals surface area (Å²) in [4.78, 5) is 107. The van der Waals surface area contributed by atoms with E-state index in [9.17, 15) is 48.6 Å². The van der Waals surface area contributed by atoms with E-state index in [-0.39, 0.29) is 51.2 Å². The zero-order valence-electron chi connectivity index (χ0n) is 32.4. The summed E-state index contributed by atoms with van der Waals surface area (Å²) in [5, 5.41) is 22.6. The van der Waals surface area contributed by atoms with Gasteiger partial charge in [0.05, 0.1) is 58.1 Å². The predicted octanol–water partition coefficient (Wildman–Crippen LogP) is -2.34. The largest absolute Gasteiger partial charge is 0.480 e. The number of carboxylic acid groups (broad SMARTS) is 2. The fourth-order valence-corrected chi connectivity index (χ4v) is 6.25. The molecule has 1 saturated heterocycles. The number of aryl methyl sites for hydroxylation is 1.